The van der Waals surface area contributed by atoms with Gasteiger partial charge < -0.3 is 5.32 Å². The molecule has 0 spiro atoms. The summed E-state index contributed by atoms with van der Waals surface area (Å²) in [5.74, 6) is 1.33. The van der Waals surface area contributed by atoms with Crippen LogP contribution in [0.15, 0.2) is 41.6 Å². The van der Waals surface area contributed by atoms with Crippen LogP contribution in [0.3, 0.4) is 0 Å². The molecule has 0 amide bonds. The Morgan fingerprint density at radius 3 is 2.95 bits per heavy atom. The number of nitrogens with zero attached hydrogens (tertiary/aromatic N) is 2. The summed E-state index contributed by atoms with van der Waals surface area (Å²) in [7, 11) is 0. The molecule has 0 aliphatic carbocycles. The molecule has 1 saturated heterocycles. The maximum absolute atomic E-state index is 5.01. The number of hydrogen-bond acceptors (Lipinski definition) is 6. The lowest BCUT2D eigenvalue weighted by atomic mass is 10.1. The molecule has 1 aliphatic rings. The Labute approximate surface area is 134 Å². The first-order valence-electron chi connectivity index (χ1n) is 7.31. The van der Waals surface area contributed by atoms with Gasteiger partial charge in [0.25, 0.3) is 0 Å². The van der Waals surface area contributed by atoms with Crippen molar-refractivity contribution in [1.82, 2.24) is 9.97 Å². The minimum Gasteiger partial charge on any atom is -0.370 e. The first kappa shape index (κ1) is 15.3. The minimum atomic E-state index is 0.460. The highest BCUT2D eigenvalue weighted by Crippen LogP contribution is 2.21. The van der Waals surface area contributed by atoms with Gasteiger partial charge in [-0.25, -0.2) is 19.7 Å². The molecule has 0 aromatic carbocycles. The lowest BCUT2D eigenvalue weighted by Crippen LogP contribution is -2.25. The largest absolute Gasteiger partial charge is 0.370 e. The van der Waals surface area contributed by atoms with Crippen LogP contribution in [-0.4, -0.2) is 36.0 Å². The summed E-state index contributed by atoms with van der Waals surface area (Å²) < 4.78 is 0. The molecule has 6 heteroatoms. The van der Waals surface area contributed by atoms with E-state index in [1.54, 1.807) is 11.8 Å². The van der Waals surface area contributed by atoms with Crippen molar-refractivity contribution in [3.63, 3.8) is 0 Å². The average Bonchev–Trinajstić information content (AvgIpc) is 2.61. The van der Waals surface area contributed by atoms with E-state index in [1.807, 2.05) is 36.7 Å². The smallest absolute Gasteiger partial charge is 0.126 e. The van der Waals surface area contributed by atoms with Crippen molar-refractivity contribution in [2.24, 2.45) is 5.92 Å². The van der Waals surface area contributed by atoms with Crippen molar-refractivity contribution in [2.45, 2.75) is 11.4 Å². The first-order valence-corrected chi connectivity index (χ1v) is 8.53. The van der Waals surface area contributed by atoms with Crippen molar-refractivity contribution in [3.8, 4) is 11.3 Å². The van der Waals surface area contributed by atoms with E-state index < -0.39 is 0 Å². The van der Waals surface area contributed by atoms with Gasteiger partial charge in [-0.15, -0.1) is 11.8 Å². The minimum absolute atomic E-state index is 0.460. The van der Waals surface area contributed by atoms with Crippen LogP contribution in [0.25, 0.3) is 11.3 Å². The summed E-state index contributed by atoms with van der Waals surface area (Å²) in [5, 5.41) is 4.39. The maximum Gasteiger partial charge on any atom is 0.126 e. The number of anilines is 1. The van der Waals surface area contributed by atoms with Gasteiger partial charge in [-0.05, 0) is 36.9 Å². The zero-order valence-electron chi connectivity index (χ0n) is 12.5. The van der Waals surface area contributed by atoms with E-state index in [4.69, 9.17) is 9.78 Å². The Hall–Kier alpha value is -1.63. The highest BCUT2D eigenvalue weighted by Gasteiger charge is 2.14. The molecule has 5 nitrogen and oxygen atoms in total. The van der Waals surface area contributed by atoms with Gasteiger partial charge in [-0.3, -0.25) is 0 Å². The maximum atomic E-state index is 5.01. The second-order valence-corrected chi connectivity index (χ2v) is 5.97. The Morgan fingerprint density at radius 2 is 2.23 bits per heavy atom. The molecule has 0 bridgehead atoms. The second kappa shape index (κ2) is 7.58. The van der Waals surface area contributed by atoms with Gasteiger partial charge in [-0.2, -0.15) is 0 Å². The SMILES string of the molecule is CSc1ccc(-c2cccc(NCC3CCOOC3)n2)cn1. The topological polar surface area (TPSA) is 56.3 Å². The second-order valence-electron chi connectivity index (χ2n) is 5.14. The average molecular weight is 317 g/mol. The standard InChI is InChI=1S/C16H19N3O2S/c1-22-16-6-5-13(10-18-16)14-3-2-4-15(19-14)17-9-12-7-8-20-21-11-12/h2-6,10,12H,7-9,11H2,1H3,(H,17,19). The normalized spacial score (nSPS) is 18.1. The van der Waals surface area contributed by atoms with Crippen LogP contribution in [-0.2, 0) is 9.78 Å². The molecule has 116 valence electrons. The highest BCUT2D eigenvalue weighted by atomic mass is 32.2. The molecule has 3 heterocycles. The van der Waals surface area contributed by atoms with Gasteiger partial charge in [0.15, 0.2) is 0 Å². The summed E-state index contributed by atoms with van der Waals surface area (Å²) in [5.41, 5.74) is 1.95. The fraction of sp³-hybridized carbons (Fsp3) is 0.375. The van der Waals surface area contributed by atoms with Crippen LogP contribution in [0.2, 0.25) is 0 Å². The molecule has 1 atom stereocenters. The molecule has 2 aromatic rings. The Balaban J connectivity index is 1.66. The third-order valence-corrected chi connectivity index (χ3v) is 4.22. The van der Waals surface area contributed by atoms with Crippen LogP contribution in [0.5, 0.6) is 0 Å². The molecule has 1 fully saturated rings. The number of nitrogens with one attached hydrogen (secondary N) is 1. The van der Waals surface area contributed by atoms with E-state index >= 15 is 0 Å². The van der Waals surface area contributed by atoms with Crippen molar-refractivity contribution < 1.29 is 9.78 Å². The van der Waals surface area contributed by atoms with Crippen molar-refractivity contribution in [2.75, 3.05) is 31.3 Å². The number of rotatable bonds is 5. The summed E-state index contributed by atoms with van der Waals surface area (Å²) in [4.78, 5) is 19.0. The van der Waals surface area contributed by atoms with E-state index in [2.05, 4.69) is 21.4 Å². The number of pyridine rings is 2. The van der Waals surface area contributed by atoms with E-state index in [1.165, 1.54) is 0 Å². The van der Waals surface area contributed by atoms with Crippen molar-refractivity contribution >= 4 is 17.6 Å². The van der Waals surface area contributed by atoms with Crippen LogP contribution < -0.4 is 5.32 Å². The monoisotopic (exact) mass is 317 g/mol. The zero-order valence-corrected chi connectivity index (χ0v) is 13.3. The lowest BCUT2D eigenvalue weighted by molar-refractivity contribution is -0.323. The summed E-state index contributed by atoms with van der Waals surface area (Å²) >= 11 is 1.63. The molecule has 1 aliphatic heterocycles. The molecular formula is C16H19N3O2S. The Bertz CT molecular complexity index is 601. The number of hydrogen-bond donors (Lipinski definition) is 1. The van der Waals surface area contributed by atoms with E-state index in [-0.39, 0.29) is 0 Å². The fourth-order valence-electron chi connectivity index (χ4n) is 2.26. The Kier molecular flexibility index (Phi) is 5.26. The number of thioether (sulfide) groups is 1. The van der Waals surface area contributed by atoms with Crippen LogP contribution >= 0.6 is 11.8 Å². The van der Waals surface area contributed by atoms with Crippen LogP contribution in [0.1, 0.15) is 6.42 Å². The van der Waals surface area contributed by atoms with Crippen LogP contribution in [0, 0.1) is 5.92 Å². The summed E-state index contributed by atoms with van der Waals surface area (Å²) in [6, 6.07) is 10.1. The molecule has 3 rings (SSSR count). The third kappa shape index (κ3) is 3.97. The van der Waals surface area contributed by atoms with E-state index in [9.17, 15) is 0 Å². The predicted molar refractivity (Wildman–Crippen MR) is 87.7 cm³/mol. The predicted octanol–water partition coefficient (Wildman–Crippen LogP) is 3.25. The third-order valence-electron chi connectivity index (χ3n) is 3.56. The molecule has 0 radical (unpaired) electrons. The van der Waals surface area contributed by atoms with Crippen molar-refractivity contribution in [1.29, 1.82) is 0 Å². The molecule has 1 N–H and O–H groups in total. The van der Waals surface area contributed by atoms with Gasteiger partial charge in [0.05, 0.1) is 23.9 Å². The first-order chi connectivity index (χ1) is 10.8. The molecular weight excluding hydrogens is 298 g/mol. The van der Waals surface area contributed by atoms with Crippen molar-refractivity contribution in [3.05, 3.63) is 36.5 Å². The van der Waals surface area contributed by atoms with Gasteiger partial charge >= 0.3 is 0 Å². The quantitative estimate of drug-likeness (QED) is 0.675. The van der Waals surface area contributed by atoms with Crippen LogP contribution in [0.4, 0.5) is 5.82 Å². The molecule has 22 heavy (non-hydrogen) atoms. The molecule has 2 aromatic heterocycles. The molecule has 0 saturated carbocycles. The summed E-state index contributed by atoms with van der Waals surface area (Å²) in [6.45, 7) is 2.13. The van der Waals surface area contributed by atoms with E-state index in [0.717, 1.165) is 35.1 Å². The Morgan fingerprint density at radius 1 is 1.27 bits per heavy atom. The van der Waals surface area contributed by atoms with Gasteiger partial charge in [-0.1, -0.05) is 6.07 Å². The number of aromatic nitrogens is 2. The van der Waals surface area contributed by atoms with Gasteiger partial charge in [0.2, 0.25) is 0 Å². The summed E-state index contributed by atoms with van der Waals surface area (Å²) in [6.07, 6.45) is 4.89. The fourth-order valence-corrected chi connectivity index (χ4v) is 2.62. The van der Waals surface area contributed by atoms with E-state index in [0.29, 0.717) is 19.1 Å². The molecule has 1 unspecified atom stereocenters. The van der Waals surface area contributed by atoms with Gasteiger partial charge in [0.1, 0.15) is 5.82 Å². The van der Waals surface area contributed by atoms with Gasteiger partial charge in [0, 0.05) is 24.2 Å². The lowest BCUT2D eigenvalue weighted by Gasteiger charge is -2.21. The highest BCUT2D eigenvalue weighted by molar-refractivity contribution is 7.98. The zero-order chi connectivity index (χ0) is 15.2.